The van der Waals surface area contributed by atoms with E-state index in [1.807, 2.05) is 24.3 Å². The largest absolute Gasteiger partial charge is 0.486 e. The van der Waals surface area contributed by atoms with E-state index in [0.29, 0.717) is 52.5 Å². The van der Waals surface area contributed by atoms with Gasteiger partial charge in [0.05, 0.1) is 12.1 Å². The van der Waals surface area contributed by atoms with E-state index in [0.717, 1.165) is 5.39 Å². The van der Waals surface area contributed by atoms with Crippen LogP contribution in [0.3, 0.4) is 0 Å². The number of para-hydroxylation sites is 1. The minimum absolute atomic E-state index is 0.102. The summed E-state index contributed by atoms with van der Waals surface area (Å²) >= 11 is 0. The van der Waals surface area contributed by atoms with Crippen LogP contribution < -0.4 is 15.0 Å². The van der Waals surface area contributed by atoms with Crippen LogP contribution in [0.1, 0.15) is 17.3 Å². The van der Waals surface area contributed by atoms with Crippen LogP contribution in [-0.4, -0.2) is 30.8 Å². The van der Waals surface area contributed by atoms with Crippen LogP contribution in [0.25, 0.3) is 33.2 Å². The highest BCUT2D eigenvalue weighted by molar-refractivity contribution is 6.12. The van der Waals surface area contributed by atoms with Gasteiger partial charge < -0.3 is 23.6 Å². The van der Waals surface area contributed by atoms with Crippen molar-refractivity contribution in [1.82, 2.24) is 4.98 Å². The second kappa shape index (κ2) is 6.70. The molecule has 146 valence electrons. The summed E-state index contributed by atoms with van der Waals surface area (Å²) in [7, 11) is 0. The molecule has 2 aromatic heterocycles. The molecule has 1 N–H and O–H groups in total. The molecule has 5 rings (SSSR count). The molecule has 3 heterocycles. The van der Waals surface area contributed by atoms with E-state index in [4.69, 9.17) is 18.6 Å². The van der Waals surface area contributed by atoms with Crippen LogP contribution in [0.5, 0.6) is 11.5 Å². The molecule has 0 amide bonds. The molecule has 0 unspecified atom stereocenters. The fourth-order valence-electron chi connectivity index (χ4n) is 3.62. The van der Waals surface area contributed by atoms with Gasteiger partial charge in [-0.25, -0.2) is 4.79 Å². The fraction of sp³-hybridized carbons (Fsp3) is 0.182. The minimum Gasteiger partial charge on any atom is -0.486 e. The highest BCUT2D eigenvalue weighted by Gasteiger charge is 2.26. The molecular formula is C22H17NO6. The molecule has 0 saturated heterocycles. The number of carbonyl (C=O) groups excluding carboxylic acids is 1. The van der Waals surface area contributed by atoms with Crippen LogP contribution in [0.15, 0.2) is 51.7 Å². The van der Waals surface area contributed by atoms with Crippen LogP contribution >= 0.6 is 0 Å². The Hall–Kier alpha value is -3.74. The first-order chi connectivity index (χ1) is 14.2. The molecule has 1 aliphatic heterocycles. The van der Waals surface area contributed by atoms with E-state index in [9.17, 15) is 9.59 Å². The van der Waals surface area contributed by atoms with Crippen molar-refractivity contribution in [3.63, 3.8) is 0 Å². The van der Waals surface area contributed by atoms with Gasteiger partial charge >= 0.3 is 5.97 Å². The Labute approximate surface area is 164 Å². The third-order valence-corrected chi connectivity index (χ3v) is 4.85. The van der Waals surface area contributed by atoms with E-state index in [2.05, 4.69) is 4.98 Å². The molecule has 0 atom stereocenters. The summed E-state index contributed by atoms with van der Waals surface area (Å²) in [4.78, 5) is 28.4. The molecule has 0 fully saturated rings. The van der Waals surface area contributed by atoms with Crippen molar-refractivity contribution in [1.29, 1.82) is 0 Å². The number of nitrogens with one attached hydrogen (secondary N) is 1. The average molecular weight is 391 g/mol. The zero-order valence-corrected chi connectivity index (χ0v) is 15.6. The molecule has 0 bridgehead atoms. The molecule has 4 aromatic rings. The maximum absolute atomic E-state index is 12.9. The lowest BCUT2D eigenvalue weighted by Gasteiger charge is -2.19. The van der Waals surface area contributed by atoms with Crippen molar-refractivity contribution in [3.05, 3.63) is 58.4 Å². The molecule has 0 saturated carbocycles. The van der Waals surface area contributed by atoms with Gasteiger partial charge in [-0.1, -0.05) is 18.2 Å². The fourth-order valence-corrected chi connectivity index (χ4v) is 3.62. The summed E-state index contributed by atoms with van der Waals surface area (Å²) in [6, 6.07) is 12.7. The van der Waals surface area contributed by atoms with E-state index in [-0.39, 0.29) is 12.2 Å². The number of furan rings is 1. The lowest BCUT2D eigenvalue weighted by atomic mass is 9.99. The van der Waals surface area contributed by atoms with E-state index in [1.165, 1.54) is 0 Å². The van der Waals surface area contributed by atoms with Crippen molar-refractivity contribution in [3.8, 4) is 22.6 Å². The Kier molecular flexibility index (Phi) is 4.01. The van der Waals surface area contributed by atoms with Crippen LogP contribution in [0, 0.1) is 0 Å². The average Bonchev–Trinajstić information content (AvgIpc) is 3.10. The lowest BCUT2D eigenvalue weighted by Crippen LogP contribution is -2.21. The van der Waals surface area contributed by atoms with Gasteiger partial charge in [0, 0.05) is 10.9 Å². The number of fused-ring (bicyclic) bond motifs is 4. The SMILES string of the molecule is CCOC(=O)c1c(-c2ccc3c(c2)OCCO3)c2oc3ccccc3c2[nH]c1=O. The third kappa shape index (κ3) is 2.74. The number of H-pyrrole nitrogens is 1. The number of ether oxygens (including phenoxy) is 3. The first-order valence-corrected chi connectivity index (χ1v) is 9.32. The van der Waals surface area contributed by atoms with Crippen molar-refractivity contribution >= 4 is 28.0 Å². The summed E-state index contributed by atoms with van der Waals surface area (Å²) in [6.07, 6.45) is 0. The quantitative estimate of drug-likeness (QED) is 0.533. The summed E-state index contributed by atoms with van der Waals surface area (Å²) in [5, 5.41) is 0.758. The topological polar surface area (TPSA) is 90.8 Å². The first-order valence-electron chi connectivity index (χ1n) is 9.32. The van der Waals surface area contributed by atoms with Crippen molar-refractivity contribution in [2.24, 2.45) is 0 Å². The normalized spacial score (nSPS) is 13.0. The number of carbonyl (C=O) groups is 1. The van der Waals surface area contributed by atoms with Crippen molar-refractivity contribution in [2.75, 3.05) is 19.8 Å². The monoisotopic (exact) mass is 391 g/mol. The molecule has 0 aliphatic carbocycles. The van der Waals surface area contributed by atoms with Crippen LogP contribution in [0.4, 0.5) is 0 Å². The Morgan fingerprint density at radius 2 is 1.90 bits per heavy atom. The van der Waals surface area contributed by atoms with Crippen LogP contribution in [-0.2, 0) is 4.74 Å². The zero-order chi connectivity index (χ0) is 20.0. The molecular weight excluding hydrogens is 374 g/mol. The number of rotatable bonds is 3. The summed E-state index contributed by atoms with van der Waals surface area (Å²) in [5.41, 5.74) is 1.89. The zero-order valence-electron chi connectivity index (χ0n) is 15.6. The summed E-state index contributed by atoms with van der Waals surface area (Å²) < 4.78 is 22.5. The minimum atomic E-state index is -0.707. The van der Waals surface area contributed by atoms with E-state index in [1.54, 1.807) is 25.1 Å². The second-order valence-corrected chi connectivity index (χ2v) is 6.59. The van der Waals surface area contributed by atoms with E-state index < -0.39 is 11.5 Å². The second-order valence-electron chi connectivity index (χ2n) is 6.59. The molecule has 1 aliphatic rings. The Balaban J connectivity index is 1.87. The van der Waals surface area contributed by atoms with Gasteiger partial charge in [0.1, 0.15) is 24.4 Å². The molecule has 29 heavy (non-hydrogen) atoms. The van der Waals surface area contributed by atoms with Crippen LogP contribution in [0.2, 0.25) is 0 Å². The maximum atomic E-state index is 12.9. The standard InChI is InChI=1S/C22H17NO6/c1-2-26-22(25)18-17(12-7-8-15-16(11-12)28-10-9-27-15)20-19(23-21(18)24)13-5-3-4-6-14(13)29-20/h3-8,11H,2,9-10H2,1H3,(H,23,24). The molecule has 2 aromatic carbocycles. The van der Waals surface area contributed by atoms with Gasteiger partial charge in [0.15, 0.2) is 17.1 Å². The molecule has 7 nitrogen and oxygen atoms in total. The number of benzene rings is 2. The number of aromatic nitrogens is 1. The molecule has 0 spiro atoms. The van der Waals surface area contributed by atoms with Crippen molar-refractivity contribution in [2.45, 2.75) is 6.92 Å². The van der Waals surface area contributed by atoms with Gasteiger partial charge in [-0.2, -0.15) is 0 Å². The predicted octanol–water partition coefficient (Wildman–Crippen LogP) is 3.89. The Morgan fingerprint density at radius 1 is 1.10 bits per heavy atom. The number of hydrogen-bond acceptors (Lipinski definition) is 6. The number of hydrogen-bond donors (Lipinski definition) is 1. The van der Waals surface area contributed by atoms with Gasteiger partial charge in [-0.05, 0) is 36.8 Å². The van der Waals surface area contributed by atoms with E-state index >= 15 is 0 Å². The van der Waals surface area contributed by atoms with Gasteiger partial charge in [-0.15, -0.1) is 0 Å². The number of esters is 1. The highest BCUT2D eigenvalue weighted by atomic mass is 16.6. The predicted molar refractivity (Wildman–Crippen MR) is 107 cm³/mol. The van der Waals surface area contributed by atoms with Gasteiger partial charge in [-0.3, -0.25) is 4.79 Å². The smallest absolute Gasteiger partial charge is 0.344 e. The lowest BCUT2D eigenvalue weighted by molar-refractivity contribution is 0.0525. The molecule has 7 heteroatoms. The third-order valence-electron chi connectivity index (χ3n) is 4.85. The first kappa shape index (κ1) is 17.4. The Morgan fingerprint density at radius 3 is 2.72 bits per heavy atom. The van der Waals surface area contributed by atoms with Gasteiger partial charge in [0.25, 0.3) is 5.56 Å². The summed E-state index contributed by atoms with van der Waals surface area (Å²) in [5.74, 6) is 0.456. The Bertz CT molecular complexity index is 1320. The maximum Gasteiger partial charge on any atom is 0.344 e. The van der Waals surface area contributed by atoms with Gasteiger partial charge in [0.2, 0.25) is 0 Å². The molecule has 0 radical (unpaired) electrons. The number of pyridine rings is 1. The van der Waals surface area contributed by atoms with Crippen molar-refractivity contribution < 1.29 is 23.4 Å². The highest BCUT2D eigenvalue weighted by Crippen LogP contribution is 2.40. The summed E-state index contributed by atoms with van der Waals surface area (Å²) in [6.45, 7) is 2.74. The number of aromatic amines is 1.